The van der Waals surface area contributed by atoms with Gasteiger partial charge >= 0.3 is 0 Å². The number of pyridine rings is 1. The molecule has 1 heterocycles. The molecule has 0 aliphatic carbocycles. The summed E-state index contributed by atoms with van der Waals surface area (Å²) in [5.74, 6) is 1.65. The second kappa shape index (κ2) is 14.6. The van der Waals surface area contributed by atoms with Crippen molar-refractivity contribution in [1.82, 2.24) is 20.5 Å². The standard InChI is InChI=1S/C23H34ClN5O2/c1-4-25-23(26-11-10-19-8-9-22(24)27-17-19)28-18-20-6-5-7-21(16-20)31-15-13-29(2)12-14-30-3/h5-9,16-17H,4,10-15,18H2,1-3H3,(H2,25,26,28). The van der Waals surface area contributed by atoms with E-state index in [1.54, 1.807) is 13.3 Å². The van der Waals surface area contributed by atoms with Crippen LogP contribution in [0.1, 0.15) is 18.1 Å². The first-order chi connectivity index (χ1) is 15.1. The van der Waals surface area contributed by atoms with Crippen molar-refractivity contribution in [3.63, 3.8) is 0 Å². The summed E-state index contributed by atoms with van der Waals surface area (Å²) in [6.07, 6.45) is 2.64. The molecule has 0 saturated carbocycles. The molecule has 0 spiro atoms. The Balaban J connectivity index is 1.81. The van der Waals surface area contributed by atoms with Crippen LogP contribution >= 0.6 is 11.6 Å². The van der Waals surface area contributed by atoms with Gasteiger partial charge in [0.2, 0.25) is 0 Å². The molecular formula is C23H34ClN5O2. The van der Waals surface area contributed by atoms with Crippen molar-refractivity contribution >= 4 is 17.6 Å². The highest BCUT2D eigenvalue weighted by atomic mass is 35.5. The predicted octanol–water partition coefficient (Wildman–Crippen LogP) is 2.99. The van der Waals surface area contributed by atoms with Crippen LogP contribution in [0.15, 0.2) is 47.6 Å². The van der Waals surface area contributed by atoms with Gasteiger partial charge in [-0.1, -0.05) is 29.8 Å². The maximum Gasteiger partial charge on any atom is 0.191 e. The van der Waals surface area contributed by atoms with E-state index in [-0.39, 0.29) is 0 Å². The second-order valence-corrected chi connectivity index (χ2v) is 7.54. The molecule has 0 radical (unpaired) electrons. The third-order valence-electron chi connectivity index (χ3n) is 4.58. The summed E-state index contributed by atoms with van der Waals surface area (Å²) < 4.78 is 11.0. The molecule has 170 valence electrons. The summed E-state index contributed by atoms with van der Waals surface area (Å²) in [7, 11) is 3.78. The molecule has 7 nitrogen and oxygen atoms in total. The number of benzene rings is 1. The smallest absolute Gasteiger partial charge is 0.191 e. The summed E-state index contributed by atoms with van der Waals surface area (Å²) in [6, 6.07) is 11.9. The average Bonchev–Trinajstić information content (AvgIpc) is 2.77. The Morgan fingerprint density at radius 3 is 2.71 bits per heavy atom. The molecule has 0 bridgehead atoms. The maximum absolute atomic E-state index is 5.90. The van der Waals surface area contributed by atoms with Crippen LogP contribution in [0.5, 0.6) is 5.75 Å². The quantitative estimate of drug-likeness (QED) is 0.279. The van der Waals surface area contributed by atoms with Crippen LogP contribution in [0.3, 0.4) is 0 Å². The zero-order valence-electron chi connectivity index (χ0n) is 18.7. The molecule has 0 fully saturated rings. The molecule has 0 atom stereocenters. The van der Waals surface area contributed by atoms with E-state index in [0.717, 1.165) is 62.0 Å². The number of aromatic nitrogens is 1. The summed E-state index contributed by atoms with van der Waals surface area (Å²) in [5.41, 5.74) is 2.23. The van der Waals surface area contributed by atoms with Gasteiger partial charge in [-0.15, -0.1) is 0 Å². The number of hydrogen-bond acceptors (Lipinski definition) is 5. The zero-order valence-corrected chi connectivity index (χ0v) is 19.5. The van der Waals surface area contributed by atoms with Crippen LogP contribution in [0, 0.1) is 0 Å². The third kappa shape index (κ3) is 10.5. The van der Waals surface area contributed by atoms with Gasteiger partial charge in [0.1, 0.15) is 17.5 Å². The lowest BCUT2D eigenvalue weighted by molar-refractivity contribution is 0.150. The lowest BCUT2D eigenvalue weighted by Crippen LogP contribution is -2.38. The fraction of sp³-hybridized carbons (Fsp3) is 0.478. The fourth-order valence-electron chi connectivity index (χ4n) is 2.80. The molecule has 0 amide bonds. The van der Waals surface area contributed by atoms with E-state index in [0.29, 0.717) is 18.3 Å². The van der Waals surface area contributed by atoms with Gasteiger partial charge < -0.3 is 25.0 Å². The fourth-order valence-corrected chi connectivity index (χ4v) is 2.92. The van der Waals surface area contributed by atoms with Crippen molar-refractivity contribution in [3.8, 4) is 5.75 Å². The van der Waals surface area contributed by atoms with Gasteiger partial charge in [0.15, 0.2) is 5.96 Å². The molecule has 0 aliphatic rings. The number of nitrogens with one attached hydrogen (secondary N) is 2. The molecule has 8 heteroatoms. The highest BCUT2D eigenvalue weighted by Crippen LogP contribution is 2.14. The van der Waals surface area contributed by atoms with Crippen molar-refractivity contribution in [3.05, 3.63) is 58.9 Å². The zero-order chi connectivity index (χ0) is 22.3. The van der Waals surface area contributed by atoms with Crippen molar-refractivity contribution in [1.29, 1.82) is 0 Å². The van der Waals surface area contributed by atoms with Gasteiger partial charge in [-0.25, -0.2) is 9.98 Å². The topological polar surface area (TPSA) is 71.0 Å². The Kier molecular flexibility index (Phi) is 11.8. The Morgan fingerprint density at radius 2 is 1.97 bits per heavy atom. The van der Waals surface area contributed by atoms with Crippen LogP contribution in [0.2, 0.25) is 5.15 Å². The molecule has 0 unspecified atom stereocenters. The maximum atomic E-state index is 5.90. The number of likely N-dealkylation sites (N-methyl/N-ethyl adjacent to an activating group) is 1. The predicted molar refractivity (Wildman–Crippen MR) is 127 cm³/mol. The number of ether oxygens (including phenoxy) is 2. The lowest BCUT2D eigenvalue weighted by Gasteiger charge is -2.16. The highest BCUT2D eigenvalue weighted by molar-refractivity contribution is 6.29. The number of aliphatic imine (C=N–C) groups is 1. The summed E-state index contributed by atoms with van der Waals surface area (Å²) in [5, 5.41) is 7.15. The second-order valence-electron chi connectivity index (χ2n) is 7.15. The van der Waals surface area contributed by atoms with Crippen LogP contribution in [-0.2, 0) is 17.7 Å². The minimum absolute atomic E-state index is 0.510. The number of hydrogen-bond donors (Lipinski definition) is 2. The van der Waals surface area contributed by atoms with Crippen LogP contribution < -0.4 is 15.4 Å². The molecule has 0 saturated heterocycles. The van der Waals surface area contributed by atoms with Crippen molar-refractivity contribution in [2.45, 2.75) is 19.9 Å². The van der Waals surface area contributed by atoms with E-state index in [4.69, 9.17) is 26.1 Å². The first-order valence-corrected chi connectivity index (χ1v) is 11.0. The molecule has 1 aromatic carbocycles. The Bertz CT molecular complexity index is 786. The van der Waals surface area contributed by atoms with Gasteiger partial charge in [0.25, 0.3) is 0 Å². The number of halogens is 1. The molecule has 2 aromatic rings. The van der Waals surface area contributed by atoms with Gasteiger partial charge in [0, 0.05) is 39.5 Å². The van der Waals surface area contributed by atoms with E-state index >= 15 is 0 Å². The summed E-state index contributed by atoms with van der Waals surface area (Å²) in [6.45, 7) is 7.29. The first kappa shape index (κ1) is 24.9. The Morgan fingerprint density at radius 1 is 1.13 bits per heavy atom. The minimum atomic E-state index is 0.510. The SMILES string of the molecule is CCNC(=NCc1cccc(OCCN(C)CCOC)c1)NCCc1ccc(Cl)nc1. The van der Waals surface area contributed by atoms with Gasteiger partial charge in [-0.2, -0.15) is 0 Å². The number of methoxy groups -OCH3 is 1. The van der Waals surface area contributed by atoms with Crippen LogP contribution in [0.25, 0.3) is 0 Å². The number of guanidine groups is 1. The molecule has 2 N–H and O–H groups in total. The summed E-state index contributed by atoms with van der Waals surface area (Å²) in [4.78, 5) is 11.0. The highest BCUT2D eigenvalue weighted by Gasteiger charge is 2.02. The van der Waals surface area contributed by atoms with E-state index < -0.39 is 0 Å². The number of nitrogens with zero attached hydrogens (tertiary/aromatic N) is 3. The van der Waals surface area contributed by atoms with Gasteiger partial charge in [-0.05, 0) is 49.7 Å². The van der Waals surface area contributed by atoms with Gasteiger partial charge in [0.05, 0.1) is 13.2 Å². The first-order valence-electron chi connectivity index (χ1n) is 10.6. The van der Waals surface area contributed by atoms with Crippen molar-refractivity contribution in [2.75, 3.05) is 53.6 Å². The summed E-state index contributed by atoms with van der Waals surface area (Å²) >= 11 is 5.84. The van der Waals surface area contributed by atoms with Crippen LogP contribution in [0.4, 0.5) is 0 Å². The normalized spacial score (nSPS) is 11.6. The largest absolute Gasteiger partial charge is 0.492 e. The molecule has 2 rings (SSSR count). The molecule has 1 aromatic heterocycles. The number of rotatable bonds is 13. The van der Waals surface area contributed by atoms with E-state index in [1.165, 1.54) is 0 Å². The van der Waals surface area contributed by atoms with E-state index in [1.807, 2.05) is 30.3 Å². The molecular weight excluding hydrogens is 414 g/mol. The Hall–Kier alpha value is -2.35. The van der Waals surface area contributed by atoms with Crippen molar-refractivity contribution < 1.29 is 9.47 Å². The minimum Gasteiger partial charge on any atom is -0.492 e. The van der Waals surface area contributed by atoms with E-state index in [9.17, 15) is 0 Å². The average molecular weight is 448 g/mol. The molecule has 0 aliphatic heterocycles. The Labute approximate surface area is 190 Å². The van der Waals surface area contributed by atoms with Crippen LogP contribution in [-0.4, -0.2) is 69.4 Å². The van der Waals surface area contributed by atoms with Crippen molar-refractivity contribution in [2.24, 2.45) is 4.99 Å². The van der Waals surface area contributed by atoms with E-state index in [2.05, 4.69) is 40.6 Å². The monoisotopic (exact) mass is 447 g/mol. The van der Waals surface area contributed by atoms with Gasteiger partial charge in [-0.3, -0.25) is 0 Å². The third-order valence-corrected chi connectivity index (χ3v) is 4.80. The molecule has 31 heavy (non-hydrogen) atoms. The lowest BCUT2D eigenvalue weighted by atomic mass is 10.2.